The van der Waals surface area contributed by atoms with E-state index in [1.165, 1.54) is 32.1 Å². The third-order valence-corrected chi connectivity index (χ3v) is 6.63. The molecule has 2 aliphatic rings. The van der Waals surface area contributed by atoms with Gasteiger partial charge in [0.2, 0.25) is 23.8 Å². The molecule has 0 unspecified atom stereocenters. The molecule has 2 fully saturated rings. The molecule has 1 aliphatic carbocycles. The van der Waals surface area contributed by atoms with Crippen molar-refractivity contribution in [1.82, 2.24) is 20.3 Å². The van der Waals surface area contributed by atoms with Crippen molar-refractivity contribution in [3.63, 3.8) is 0 Å². The van der Waals surface area contributed by atoms with E-state index in [0.29, 0.717) is 35.4 Å². The van der Waals surface area contributed by atoms with Gasteiger partial charge < -0.3 is 31.7 Å². The molecule has 1 saturated heterocycles. The maximum Gasteiger partial charge on any atom is 0.490 e. The summed E-state index contributed by atoms with van der Waals surface area (Å²) in [6, 6.07) is 5.62. The maximum absolute atomic E-state index is 11.6. The number of carbonyl (C=O) groups excluding carboxylic acids is 1. The summed E-state index contributed by atoms with van der Waals surface area (Å²) >= 11 is 0. The summed E-state index contributed by atoms with van der Waals surface area (Å²) in [6.07, 6.45) is 2.42. The Morgan fingerprint density at radius 2 is 1.79 bits per heavy atom. The van der Waals surface area contributed by atoms with E-state index in [-0.39, 0.29) is 0 Å². The lowest BCUT2D eigenvalue weighted by atomic mass is 9.89. The topological polar surface area (TPSA) is 158 Å². The molecule has 2 heterocycles. The first-order chi connectivity index (χ1) is 18.4. The SMILES string of the molecule is Cc1ccc(C(N)=O)cc1Nc1nc(N[C@@H]2CCNC2)nc(N(C)CC2CCCCC2)n1.O=C(O)C(F)(F)F. The maximum atomic E-state index is 11.6. The van der Waals surface area contributed by atoms with Crippen LogP contribution in [0.2, 0.25) is 0 Å². The van der Waals surface area contributed by atoms with Gasteiger partial charge in [-0.05, 0) is 56.3 Å². The van der Waals surface area contributed by atoms with E-state index in [9.17, 15) is 18.0 Å². The van der Waals surface area contributed by atoms with Gasteiger partial charge in [-0.25, -0.2) is 4.79 Å². The normalized spacial score (nSPS) is 17.6. The number of anilines is 4. The van der Waals surface area contributed by atoms with Gasteiger partial charge in [-0.1, -0.05) is 25.3 Å². The van der Waals surface area contributed by atoms with Gasteiger partial charge in [-0.3, -0.25) is 4.79 Å². The minimum Gasteiger partial charge on any atom is -0.475 e. The van der Waals surface area contributed by atoms with Crippen LogP contribution in [0.1, 0.15) is 54.4 Å². The minimum atomic E-state index is -5.08. The second-order valence-electron chi connectivity index (χ2n) is 9.82. The molecule has 1 saturated carbocycles. The number of nitrogens with two attached hydrogens (primary N) is 1. The van der Waals surface area contributed by atoms with Gasteiger partial charge in [0.15, 0.2) is 0 Å². The lowest BCUT2D eigenvalue weighted by Crippen LogP contribution is -2.29. The molecule has 2 aromatic rings. The van der Waals surface area contributed by atoms with E-state index >= 15 is 0 Å². The lowest BCUT2D eigenvalue weighted by Gasteiger charge is -2.27. The number of carbonyl (C=O) groups is 2. The molecule has 1 aromatic heterocycles. The van der Waals surface area contributed by atoms with Crippen molar-refractivity contribution < 1.29 is 27.9 Å². The highest BCUT2D eigenvalue weighted by Crippen LogP contribution is 2.26. The lowest BCUT2D eigenvalue weighted by molar-refractivity contribution is -0.192. The number of nitrogens with zero attached hydrogens (tertiary/aromatic N) is 4. The van der Waals surface area contributed by atoms with Gasteiger partial charge in [0.1, 0.15) is 0 Å². The summed E-state index contributed by atoms with van der Waals surface area (Å²) in [5.41, 5.74) is 7.63. The van der Waals surface area contributed by atoms with Gasteiger partial charge in [-0.15, -0.1) is 0 Å². The Balaban J connectivity index is 0.000000532. The van der Waals surface area contributed by atoms with Gasteiger partial charge >= 0.3 is 12.1 Å². The van der Waals surface area contributed by atoms with E-state index in [0.717, 1.165) is 37.3 Å². The highest BCUT2D eigenvalue weighted by atomic mass is 19.4. The number of hydrogen-bond acceptors (Lipinski definition) is 9. The molecule has 14 heteroatoms. The van der Waals surface area contributed by atoms with Crippen LogP contribution in [0.25, 0.3) is 0 Å². The number of benzene rings is 1. The fourth-order valence-corrected chi connectivity index (χ4v) is 4.49. The van der Waals surface area contributed by atoms with E-state index in [1.807, 2.05) is 20.0 Å². The van der Waals surface area contributed by atoms with Crippen LogP contribution in [-0.4, -0.2) is 70.8 Å². The van der Waals surface area contributed by atoms with Crippen molar-refractivity contribution in [3.05, 3.63) is 29.3 Å². The first kappa shape index (κ1) is 29.9. The highest BCUT2D eigenvalue weighted by Gasteiger charge is 2.38. The molecule has 214 valence electrons. The second-order valence-corrected chi connectivity index (χ2v) is 9.82. The van der Waals surface area contributed by atoms with Crippen LogP contribution >= 0.6 is 0 Å². The summed E-state index contributed by atoms with van der Waals surface area (Å²) < 4.78 is 31.7. The number of aryl methyl sites for hydroxylation is 1. The smallest absolute Gasteiger partial charge is 0.475 e. The van der Waals surface area contributed by atoms with Crippen LogP contribution in [0.15, 0.2) is 18.2 Å². The number of nitrogens with one attached hydrogen (secondary N) is 3. The van der Waals surface area contributed by atoms with Crippen LogP contribution in [0, 0.1) is 12.8 Å². The minimum absolute atomic E-state index is 0.293. The molecule has 1 aromatic carbocycles. The van der Waals surface area contributed by atoms with Gasteiger partial charge in [0.05, 0.1) is 0 Å². The number of carboxylic acids is 1. The van der Waals surface area contributed by atoms with E-state index in [1.54, 1.807) is 12.1 Å². The Kier molecular flexibility index (Phi) is 10.3. The number of amides is 1. The summed E-state index contributed by atoms with van der Waals surface area (Å²) in [7, 11) is 2.05. The summed E-state index contributed by atoms with van der Waals surface area (Å²) in [5.74, 6) is -0.897. The first-order valence-corrected chi connectivity index (χ1v) is 12.8. The van der Waals surface area contributed by atoms with Crippen molar-refractivity contribution >= 4 is 35.4 Å². The molecular weight excluding hydrogens is 517 g/mol. The van der Waals surface area contributed by atoms with Crippen LogP contribution < -0.4 is 26.6 Å². The zero-order valence-electron chi connectivity index (χ0n) is 22.0. The van der Waals surface area contributed by atoms with Crippen LogP contribution in [0.4, 0.5) is 36.7 Å². The van der Waals surface area contributed by atoms with Crippen LogP contribution in [-0.2, 0) is 4.79 Å². The molecular formula is C25H35F3N8O3. The number of aliphatic carboxylic acids is 1. The zero-order valence-corrected chi connectivity index (χ0v) is 22.0. The average Bonchev–Trinajstić information content (AvgIpc) is 3.38. The largest absolute Gasteiger partial charge is 0.490 e. The molecule has 39 heavy (non-hydrogen) atoms. The fourth-order valence-electron chi connectivity index (χ4n) is 4.49. The van der Waals surface area contributed by atoms with Crippen molar-refractivity contribution in [1.29, 1.82) is 0 Å². The predicted octanol–water partition coefficient (Wildman–Crippen LogP) is 3.45. The van der Waals surface area contributed by atoms with E-state index in [2.05, 4.69) is 25.8 Å². The molecule has 0 radical (unpaired) electrons. The molecule has 4 rings (SSSR count). The van der Waals surface area contributed by atoms with Crippen molar-refractivity contribution in [3.8, 4) is 0 Å². The number of aromatic nitrogens is 3. The van der Waals surface area contributed by atoms with Crippen LogP contribution in [0.3, 0.4) is 0 Å². The van der Waals surface area contributed by atoms with Gasteiger partial charge in [-0.2, -0.15) is 28.1 Å². The molecule has 6 N–H and O–H groups in total. The molecule has 1 aliphatic heterocycles. The Morgan fingerprint density at radius 1 is 1.13 bits per heavy atom. The fraction of sp³-hybridized carbons (Fsp3) is 0.560. The monoisotopic (exact) mass is 552 g/mol. The number of hydrogen-bond donors (Lipinski definition) is 5. The molecule has 0 spiro atoms. The predicted molar refractivity (Wildman–Crippen MR) is 141 cm³/mol. The molecule has 1 amide bonds. The van der Waals surface area contributed by atoms with Crippen molar-refractivity contribution in [2.24, 2.45) is 11.7 Å². The Labute approximate surface area is 224 Å². The zero-order chi connectivity index (χ0) is 28.6. The van der Waals surface area contributed by atoms with Crippen molar-refractivity contribution in [2.75, 3.05) is 42.2 Å². The third kappa shape index (κ3) is 9.23. The number of alkyl halides is 3. The second kappa shape index (κ2) is 13.4. The third-order valence-electron chi connectivity index (χ3n) is 6.63. The molecule has 11 nitrogen and oxygen atoms in total. The summed E-state index contributed by atoms with van der Waals surface area (Å²) in [5, 5.41) is 17.2. The van der Waals surface area contributed by atoms with E-state index < -0.39 is 18.1 Å². The Hall–Kier alpha value is -3.68. The quantitative estimate of drug-likeness (QED) is 0.328. The number of primary amides is 1. The van der Waals surface area contributed by atoms with Crippen LogP contribution in [0.5, 0.6) is 0 Å². The van der Waals surface area contributed by atoms with E-state index in [4.69, 9.17) is 25.6 Å². The molecule has 0 bridgehead atoms. The Morgan fingerprint density at radius 3 is 2.38 bits per heavy atom. The number of carboxylic acid groups (broad SMARTS) is 1. The first-order valence-electron chi connectivity index (χ1n) is 12.8. The van der Waals surface area contributed by atoms with Crippen molar-refractivity contribution in [2.45, 2.75) is 57.7 Å². The average molecular weight is 553 g/mol. The number of halogens is 3. The summed E-state index contributed by atoms with van der Waals surface area (Å²) in [6.45, 7) is 4.78. The van der Waals surface area contributed by atoms with Gasteiger partial charge in [0, 0.05) is 37.4 Å². The van der Waals surface area contributed by atoms with Gasteiger partial charge in [0.25, 0.3) is 0 Å². The number of rotatable bonds is 8. The standard InChI is InChI=1S/C23H34N8O.C2HF3O2/c1-15-8-9-17(20(24)32)12-19(15)27-22-28-21(26-18-10-11-25-13-18)29-23(30-22)31(2)14-16-6-4-3-5-7-16;3-2(4,5)1(6)7/h8-9,12,16,18,25H,3-7,10-11,13-14H2,1-2H3,(H2,24,32)(H2,26,27,28,29,30);(H,6,7)/t18-;/m1./s1. The summed E-state index contributed by atoms with van der Waals surface area (Å²) in [4.78, 5) is 36.7. The Bertz CT molecular complexity index is 1140. The highest BCUT2D eigenvalue weighted by molar-refractivity contribution is 5.94. The molecule has 1 atom stereocenters.